The monoisotopic (exact) mass is 364 g/mol. The first-order chi connectivity index (χ1) is 10.8. The summed E-state index contributed by atoms with van der Waals surface area (Å²) in [7, 11) is 0. The molecule has 0 bridgehead atoms. The molecule has 0 radical (unpaired) electrons. The maximum atomic E-state index is 12.5. The number of benzene rings is 1. The van der Waals surface area contributed by atoms with Crippen molar-refractivity contribution < 1.29 is 18.0 Å². The predicted octanol–water partition coefficient (Wildman–Crippen LogP) is 3.69. The SMILES string of the molecule is CC(Cc1ccc(C(F)(F)F)cc1)C(=O)NC1(CN)CCCC1.Cl. The van der Waals surface area contributed by atoms with Crippen LogP contribution in [0.25, 0.3) is 0 Å². The lowest BCUT2D eigenvalue weighted by Gasteiger charge is -2.30. The van der Waals surface area contributed by atoms with Crippen LogP contribution in [0.5, 0.6) is 0 Å². The molecule has 1 aliphatic carbocycles. The first kappa shape index (κ1) is 20.8. The first-order valence-corrected chi connectivity index (χ1v) is 7.94. The molecule has 1 fully saturated rings. The van der Waals surface area contributed by atoms with Crippen LogP contribution >= 0.6 is 12.4 Å². The van der Waals surface area contributed by atoms with E-state index in [1.165, 1.54) is 12.1 Å². The number of hydrogen-bond donors (Lipinski definition) is 2. The molecule has 136 valence electrons. The van der Waals surface area contributed by atoms with Crippen molar-refractivity contribution in [3.8, 4) is 0 Å². The van der Waals surface area contributed by atoms with Crippen LogP contribution in [0.15, 0.2) is 24.3 Å². The summed E-state index contributed by atoms with van der Waals surface area (Å²) in [6.45, 7) is 2.21. The third kappa shape index (κ3) is 5.11. The summed E-state index contributed by atoms with van der Waals surface area (Å²) in [5.41, 5.74) is 5.55. The Morgan fingerprint density at radius 2 is 1.79 bits per heavy atom. The second kappa shape index (κ2) is 8.21. The third-order valence-corrected chi connectivity index (χ3v) is 4.61. The molecule has 0 saturated heterocycles. The van der Waals surface area contributed by atoms with Crippen molar-refractivity contribution in [3.05, 3.63) is 35.4 Å². The smallest absolute Gasteiger partial charge is 0.349 e. The van der Waals surface area contributed by atoms with Crippen molar-refractivity contribution in [1.82, 2.24) is 5.32 Å². The Morgan fingerprint density at radius 1 is 1.25 bits per heavy atom. The van der Waals surface area contributed by atoms with Crippen LogP contribution in [0.1, 0.15) is 43.7 Å². The van der Waals surface area contributed by atoms with Crippen molar-refractivity contribution in [3.63, 3.8) is 0 Å². The Morgan fingerprint density at radius 3 is 2.25 bits per heavy atom. The van der Waals surface area contributed by atoms with Gasteiger partial charge in [0.15, 0.2) is 0 Å². The zero-order valence-corrected chi connectivity index (χ0v) is 14.5. The average molecular weight is 365 g/mol. The minimum absolute atomic E-state index is 0. The minimum Gasteiger partial charge on any atom is -0.349 e. The van der Waals surface area contributed by atoms with E-state index in [1.54, 1.807) is 6.92 Å². The summed E-state index contributed by atoms with van der Waals surface area (Å²) >= 11 is 0. The minimum atomic E-state index is -4.34. The second-order valence-electron chi connectivity index (χ2n) is 6.48. The zero-order valence-electron chi connectivity index (χ0n) is 13.7. The zero-order chi connectivity index (χ0) is 17.1. The van der Waals surface area contributed by atoms with Crippen LogP contribution in [0.3, 0.4) is 0 Å². The summed E-state index contributed by atoms with van der Waals surface area (Å²) in [5, 5.41) is 3.05. The number of amides is 1. The largest absolute Gasteiger partial charge is 0.416 e. The fourth-order valence-corrected chi connectivity index (χ4v) is 3.09. The summed E-state index contributed by atoms with van der Waals surface area (Å²) in [5.74, 6) is -0.395. The van der Waals surface area contributed by atoms with Gasteiger partial charge in [0, 0.05) is 12.5 Å². The average Bonchev–Trinajstić information content (AvgIpc) is 2.96. The van der Waals surface area contributed by atoms with Crippen LogP contribution in [0, 0.1) is 5.92 Å². The topological polar surface area (TPSA) is 55.1 Å². The summed E-state index contributed by atoms with van der Waals surface area (Å²) in [4.78, 5) is 12.3. The quantitative estimate of drug-likeness (QED) is 0.837. The Hall–Kier alpha value is -1.27. The predicted molar refractivity (Wildman–Crippen MR) is 90.0 cm³/mol. The Balaban J connectivity index is 0.00000288. The number of nitrogens with one attached hydrogen (secondary N) is 1. The molecular formula is C17H24ClF3N2O. The van der Waals surface area contributed by atoms with Gasteiger partial charge in [-0.05, 0) is 37.0 Å². The molecule has 0 aliphatic heterocycles. The molecule has 1 atom stereocenters. The summed E-state index contributed by atoms with van der Waals surface area (Å²) in [6.07, 6.45) is -0.0257. The lowest BCUT2D eigenvalue weighted by molar-refractivity contribution is -0.137. The van der Waals surface area contributed by atoms with Gasteiger partial charge in [-0.15, -0.1) is 12.4 Å². The highest BCUT2D eigenvalue weighted by Gasteiger charge is 2.35. The highest BCUT2D eigenvalue weighted by Crippen LogP contribution is 2.30. The van der Waals surface area contributed by atoms with Gasteiger partial charge in [-0.2, -0.15) is 13.2 Å². The molecular weight excluding hydrogens is 341 g/mol. The molecule has 3 N–H and O–H groups in total. The van der Waals surface area contributed by atoms with Gasteiger partial charge in [0.1, 0.15) is 0 Å². The number of nitrogens with two attached hydrogens (primary N) is 1. The molecule has 0 aromatic heterocycles. The Labute approximate surface area is 146 Å². The van der Waals surface area contributed by atoms with Crippen LogP contribution < -0.4 is 11.1 Å². The Kier molecular flexibility index (Phi) is 7.10. The van der Waals surface area contributed by atoms with Crippen molar-refractivity contribution in [2.24, 2.45) is 11.7 Å². The molecule has 2 rings (SSSR count). The number of halogens is 4. The fraction of sp³-hybridized carbons (Fsp3) is 0.588. The molecule has 1 aliphatic rings. The van der Waals surface area contributed by atoms with Gasteiger partial charge >= 0.3 is 6.18 Å². The van der Waals surface area contributed by atoms with Gasteiger partial charge in [0.25, 0.3) is 0 Å². The number of alkyl halides is 3. The number of carbonyl (C=O) groups is 1. The molecule has 0 spiro atoms. The molecule has 7 heteroatoms. The molecule has 1 amide bonds. The van der Waals surface area contributed by atoms with E-state index in [2.05, 4.69) is 5.32 Å². The number of rotatable bonds is 5. The molecule has 1 aromatic carbocycles. The van der Waals surface area contributed by atoms with E-state index >= 15 is 0 Å². The molecule has 3 nitrogen and oxygen atoms in total. The number of hydrogen-bond acceptors (Lipinski definition) is 2. The van der Waals surface area contributed by atoms with Gasteiger partial charge in [-0.3, -0.25) is 4.79 Å². The van der Waals surface area contributed by atoms with E-state index in [4.69, 9.17) is 5.73 Å². The molecule has 24 heavy (non-hydrogen) atoms. The van der Waals surface area contributed by atoms with Crippen molar-refractivity contribution in [1.29, 1.82) is 0 Å². The Bertz CT molecular complexity index is 540. The van der Waals surface area contributed by atoms with Crippen LogP contribution in [-0.2, 0) is 17.4 Å². The molecule has 1 aromatic rings. The van der Waals surface area contributed by atoms with E-state index in [0.717, 1.165) is 37.8 Å². The van der Waals surface area contributed by atoms with Gasteiger partial charge in [-0.25, -0.2) is 0 Å². The third-order valence-electron chi connectivity index (χ3n) is 4.61. The van der Waals surface area contributed by atoms with Crippen molar-refractivity contribution in [2.75, 3.05) is 6.54 Å². The number of carbonyl (C=O) groups excluding carboxylic acids is 1. The van der Waals surface area contributed by atoms with Gasteiger partial charge in [0.05, 0.1) is 11.1 Å². The van der Waals surface area contributed by atoms with Crippen LogP contribution in [0.4, 0.5) is 13.2 Å². The van der Waals surface area contributed by atoms with E-state index in [9.17, 15) is 18.0 Å². The van der Waals surface area contributed by atoms with Gasteiger partial charge in [0.2, 0.25) is 5.91 Å². The normalized spacial score (nSPS) is 17.9. The second-order valence-corrected chi connectivity index (χ2v) is 6.48. The summed E-state index contributed by atoms with van der Waals surface area (Å²) < 4.78 is 37.6. The highest BCUT2D eigenvalue weighted by molar-refractivity contribution is 5.85. The summed E-state index contributed by atoms with van der Waals surface area (Å²) in [6, 6.07) is 4.97. The van der Waals surface area contributed by atoms with Crippen molar-refractivity contribution >= 4 is 18.3 Å². The lowest BCUT2D eigenvalue weighted by Crippen LogP contribution is -2.53. The standard InChI is InChI=1S/C17H23F3N2O.ClH/c1-12(15(23)22-16(11-21)8-2-3-9-16)10-13-4-6-14(7-5-13)17(18,19)20;/h4-7,12H,2-3,8-11,21H2,1H3,(H,22,23);1H. The van der Waals surface area contributed by atoms with Gasteiger partial charge in [-0.1, -0.05) is 31.9 Å². The van der Waals surface area contributed by atoms with Gasteiger partial charge < -0.3 is 11.1 Å². The van der Waals surface area contributed by atoms with Crippen molar-refractivity contribution in [2.45, 2.75) is 50.7 Å². The first-order valence-electron chi connectivity index (χ1n) is 7.94. The van der Waals surface area contributed by atoms with E-state index in [1.807, 2.05) is 0 Å². The highest BCUT2D eigenvalue weighted by atomic mass is 35.5. The maximum absolute atomic E-state index is 12.5. The van der Waals surface area contributed by atoms with E-state index < -0.39 is 11.7 Å². The lowest BCUT2D eigenvalue weighted by atomic mass is 9.94. The van der Waals surface area contributed by atoms with Crippen LogP contribution in [-0.4, -0.2) is 18.0 Å². The molecule has 1 unspecified atom stereocenters. The fourth-order valence-electron chi connectivity index (χ4n) is 3.09. The van der Waals surface area contributed by atoms with E-state index in [-0.39, 0.29) is 29.8 Å². The van der Waals surface area contributed by atoms with Crippen LogP contribution in [0.2, 0.25) is 0 Å². The van der Waals surface area contributed by atoms with E-state index in [0.29, 0.717) is 18.5 Å². The molecule has 0 heterocycles. The molecule has 1 saturated carbocycles. The maximum Gasteiger partial charge on any atom is 0.416 e.